The summed E-state index contributed by atoms with van der Waals surface area (Å²) >= 11 is 0. The van der Waals surface area contributed by atoms with E-state index in [1.165, 1.54) is 16.6 Å². The van der Waals surface area contributed by atoms with Gasteiger partial charge >= 0.3 is 0 Å². The van der Waals surface area contributed by atoms with E-state index in [1.807, 2.05) is 6.07 Å². The van der Waals surface area contributed by atoms with Gasteiger partial charge in [0, 0.05) is 57.6 Å². The number of pyridine rings is 1. The number of nitrogens with zero attached hydrogens (tertiary/aromatic N) is 4. The van der Waals surface area contributed by atoms with Gasteiger partial charge in [0.05, 0.1) is 17.5 Å². The smallest absolute Gasteiger partial charge is 0.264 e. The molecule has 2 aromatic heterocycles. The fraction of sp³-hybridized carbons (Fsp3) is 0.381. The van der Waals surface area contributed by atoms with E-state index in [0.29, 0.717) is 29.7 Å². The van der Waals surface area contributed by atoms with E-state index >= 15 is 0 Å². The van der Waals surface area contributed by atoms with Gasteiger partial charge in [0.1, 0.15) is 11.2 Å². The Bertz CT molecular complexity index is 1040. The molecule has 8 nitrogen and oxygen atoms in total. The highest BCUT2D eigenvalue weighted by atomic mass is 16.3. The molecule has 0 bridgehead atoms. The Labute approximate surface area is 169 Å². The standard InChI is InChI=1S/C21H26N6O2/c1-26-14-24-18-13-17(25-20(19(18)21(26)29)23-7-2-12-28)15-3-5-16(6-4-15)27-10-8-22-9-11-27/h3-6,13-14,22,28H,2,7-12H2,1H3,(H,23,25). The summed E-state index contributed by atoms with van der Waals surface area (Å²) in [4.78, 5) is 24.1. The predicted octanol–water partition coefficient (Wildman–Crippen LogP) is 1.20. The van der Waals surface area contributed by atoms with E-state index in [1.54, 1.807) is 7.05 Å². The number of aliphatic hydroxyl groups is 1. The molecule has 1 aliphatic heterocycles. The highest BCUT2D eigenvalue weighted by molar-refractivity contribution is 5.91. The quantitative estimate of drug-likeness (QED) is 0.541. The van der Waals surface area contributed by atoms with Gasteiger partial charge in [0.25, 0.3) is 5.56 Å². The molecule has 0 radical (unpaired) electrons. The van der Waals surface area contributed by atoms with E-state index < -0.39 is 0 Å². The van der Waals surface area contributed by atoms with Crippen LogP contribution in [0.1, 0.15) is 6.42 Å². The first kappa shape index (κ1) is 19.4. The maximum absolute atomic E-state index is 12.6. The van der Waals surface area contributed by atoms with Gasteiger partial charge in [0.2, 0.25) is 0 Å². The first-order chi connectivity index (χ1) is 14.2. The van der Waals surface area contributed by atoms with Crippen molar-refractivity contribution in [2.45, 2.75) is 6.42 Å². The molecule has 4 rings (SSSR count). The summed E-state index contributed by atoms with van der Waals surface area (Å²) in [7, 11) is 1.68. The van der Waals surface area contributed by atoms with Crippen molar-refractivity contribution in [3.8, 4) is 11.3 Å². The molecule has 1 fully saturated rings. The van der Waals surface area contributed by atoms with Gasteiger partial charge in [-0.05, 0) is 24.6 Å². The first-order valence-corrected chi connectivity index (χ1v) is 9.94. The van der Waals surface area contributed by atoms with Crippen LogP contribution in [0, 0.1) is 0 Å². The lowest BCUT2D eigenvalue weighted by atomic mass is 10.1. The third kappa shape index (κ3) is 4.08. The molecule has 0 amide bonds. The van der Waals surface area contributed by atoms with Gasteiger partial charge in [0.15, 0.2) is 0 Å². The highest BCUT2D eigenvalue weighted by Gasteiger charge is 2.14. The van der Waals surface area contributed by atoms with Crippen molar-refractivity contribution in [2.75, 3.05) is 49.5 Å². The number of aryl methyl sites for hydroxylation is 1. The van der Waals surface area contributed by atoms with E-state index in [-0.39, 0.29) is 12.2 Å². The Kier molecular flexibility index (Phi) is 5.73. The minimum atomic E-state index is -0.144. The number of aliphatic hydroxyl groups excluding tert-OH is 1. The van der Waals surface area contributed by atoms with Crippen LogP contribution in [0.2, 0.25) is 0 Å². The fourth-order valence-electron chi connectivity index (χ4n) is 3.55. The highest BCUT2D eigenvalue weighted by Crippen LogP contribution is 2.27. The average molecular weight is 394 g/mol. The SMILES string of the molecule is Cn1cnc2cc(-c3ccc(N4CCNCC4)cc3)nc(NCCCO)c2c1=O. The summed E-state index contributed by atoms with van der Waals surface area (Å²) in [5.74, 6) is 0.505. The van der Waals surface area contributed by atoms with Crippen LogP contribution in [0.25, 0.3) is 22.2 Å². The molecule has 3 heterocycles. The van der Waals surface area contributed by atoms with E-state index in [9.17, 15) is 4.79 Å². The Balaban J connectivity index is 1.71. The number of rotatable bonds is 6. The van der Waals surface area contributed by atoms with Crippen molar-refractivity contribution in [1.82, 2.24) is 19.9 Å². The summed E-state index contributed by atoms with van der Waals surface area (Å²) in [6.45, 7) is 4.60. The van der Waals surface area contributed by atoms with Crippen LogP contribution in [-0.4, -0.2) is 59.0 Å². The molecule has 152 valence electrons. The lowest BCUT2D eigenvalue weighted by Crippen LogP contribution is -2.43. The van der Waals surface area contributed by atoms with Gasteiger partial charge < -0.3 is 25.2 Å². The number of fused-ring (bicyclic) bond motifs is 1. The van der Waals surface area contributed by atoms with Crippen LogP contribution < -0.4 is 21.1 Å². The molecule has 1 aliphatic rings. The average Bonchev–Trinajstić information content (AvgIpc) is 2.77. The summed E-state index contributed by atoms with van der Waals surface area (Å²) in [6.07, 6.45) is 2.10. The molecule has 29 heavy (non-hydrogen) atoms. The number of benzene rings is 1. The van der Waals surface area contributed by atoms with E-state index in [4.69, 9.17) is 10.1 Å². The molecule has 0 aliphatic carbocycles. The molecular weight excluding hydrogens is 368 g/mol. The maximum Gasteiger partial charge on any atom is 0.264 e. The van der Waals surface area contributed by atoms with Crippen molar-refractivity contribution in [3.63, 3.8) is 0 Å². The zero-order valence-corrected chi connectivity index (χ0v) is 16.6. The van der Waals surface area contributed by atoms with Crippen LogP contribution >= 0.6 is 0 Å². The Hall–Kier alpha value is -2.97. The predicted molar refractivity (Wildman–Crippen MR) is 115 cm³/mol. The zero-order valence-electron chi connectivity index (χ0n) is 16.6. The third-order valence-electron chi connectivity index (χ3n) is 5.18. The van der Waals surface area contributed by atoms with Gasteiger partial charge in [-0.15, -0.1) is 0 Å². The second-order valence-corrected chi connectivity index (χ2v) is 7.20. The minimum absolute atomic E-state index is 0.0777. The molecule has 3 aromatic rings. The number of nitrogens with one attached hydrogen (secondary N) is 2. The topological polar surface area (TPSA) is 95.3 Å². The number of piperazine rings is 1. The van der Waals surface area contributed by atoms with Crippen molar-refractivity contribution in [1.29, 1.82) is 0 Å². The van der Waals surface area contributed by atoms with Crippen molar-refractivity contribution >= 4 is 22.4 Å². The summed E-state index contributed by atoms with van der Waals surface area (Å²) in [5, 5.41) is 16.1. The van der Waals surface area contributed by atoms with Gasteiger partial charge in [-0.1, -0.05) is 12.1 Å². The first-order valence-electron chi connectivity index (χ1n) is 9.94. The molecule has 0 unspecified atom stereocenters. The largest absolute Gasteiger partial charge is 0.396 e. The Morgan fingerprint density at radius 1 is 1.21 bits per heavy atom. The second kappa shape index (κ2) is 8.59. The van der Waals surface area contributed by atoms with Gasteiger partial charge in [-0.25, -0.2) is 9.97 Å². The Morgan fingerprint density at radius 3 is 2.69 bits per heavy atom. The minimum Gasteiger partial charge on any atom is -0.396 e. The normalized spacial score (nSPS) is 14.3. The summed E-state index contributed by atoms with van der Waals surface area (Å²) in [6, 6.07) is 10.2. The lowest BCUT2D eigenvalue weighted by Gasteiger charge is -2.29. The van der Waals surface area contributed by atoms with Gasteiger partial charge in [-0.3, -0.25) is 4.79 Å². The third-order valence-corrected chi connectivity index (χ3v) is 5.18. The lowest BCUT2D eigenvalue weighted by molar-refractivity contribution is 0.292. The maximum atomic E-state index is 12.6. The number of anilines is 2. The van der Waals surface area contributed by atoms with Crippen molar-refractivity contribution < 1.29 is 5.11 Å². The number of hydrogen-bond acceptors (Lipinski definition) is 7. The van der Waals surface area contributed by atoms with Crippen LogP contribution in [0.5, 0.6) is 0 Å². The Morgan fingerprint density at radius 2 is 1.97 bits per heavy atom. The summed E-state index contributed by atoms with van der Waals surface area (Å²) < 4.78 is 1.45. The van der Waals surface area contributed by atoms with E-state index in [2.05, 4.69) is 44.8 Å². The van der Waals surface area contributed by atoms with Crippen LogP contribution in [-0.2, 0) is 7.05 Å². The van der Waals surface area contributed by atoms with Crippen LogP contribution in [0.15, 0.2) is 41.5 Å². The van der Waals surface area contributed by atoms with Crippen LogP contribution in [0.3, 0.4) is 0 Å². The van der Waals surface area contributed by atoms with E-state index in [0.717, 1.165) is 37.4 Å². The molecular formula is C21H26N6O2. The monoisotopic (exact) mass is 394 g/mol. The van der Waals surface area contributed by atoms with Crippen molar-refractivity contribution in [2.24, 2.45) is 7.05 Å². The molecule has 3 N–H and O–H groups in total. The van der Waals surface area contributed by atoms with Crippen LogP contribution in [0.4, 0.5) is 11.5 Å². The molecule has 0 spiro atoms. The number of aromatic nitrogens is 3. The summed E-state index contributed by atoms with van der Waals surface area (Å²) in [5.41, 5.74) is 3.39. The molecule has 1 aromatic carbocycles. The molecule has 0 saturated carbocycles. The van der Waals surface area contributed by atoms with Crippen molar-refractivity contribution in [3.05, 3.63) is 47.0 Å². The number of hydrogen-bond donors (Lipinski definition) is 3. The second-order valence-electron chi connectivity index (χ2n) is 7.20. The molecule has 1 saturated heterocycles. The van der Waals surface area contributed by atoms with Gasteiger partial charge in [-0.2, -0.15) is 0 Å². The fourth-order valence-corrected chi connectivity index (χ4v) is 3.55. The molecule has 8 heteroatoms. The zero-order chi connectivity index (χ0) is 20.2. The molecule has 0 atom stereocenters.